The lowest BCUT2D eigenvalue weighted by atomic mass is 10.1. The zero-order chi connectivity index (χ0) is 17.4. The van der Waals surface area contributed by atoms with Gasteiger partial charge in [-0.2, -0.15) is 20.2 Å². The highest BCUT2D eigenvalue weighted by atomic mass is 19.1. The maximum Gasteiger partial charge on any atom is 0.224 e. The molecule has 0 spiro atoms. The van der Waals surface area contributed by atoms with Crippen molar-refractivity contribution in [3.05, 3.63) is 54.2 Å². The van der Waals surface area contributed by atoms with Crippen LogP contribution in [0.1, 0.15) is 18.5 Å². The molecule has 0 aliphatic heterocycles. The molecule has 0 aliphatic rings. The van der Waals surface area contributed by atoms with E-state index in [4.69, 9.17) is 5.73 Å². The summed E-state index contributed by atoms with van der Waals surface area (Å²) in [6.45, 7) is 1.91. The Morgan fingerprint density at radius 1 is 1.32 bits per heavy atom. The van der Waals surface area contributed by atoms with E-state index in [9.17, 15) is 4.39 Å². The first-order valence-electron chi connectivity index (χ1n) is 7.64. The minimum atomic E-state index is -0.356. The topological polar surface area (TPSA) is 110 Å². The van der Waals surface area contributed by atoms with Crippen molar-refractivity contribution in [2.75, 3.05) is 11.1 Å². The summed E-state index contributed by atoms with van der Waals surface area (Å²) in [4.78, 5) is 8.28. The van der Waals surface area contributed by atoms with Gasteiger partial charge in [0.15, 0.2) is 5.65 Å². The van der Waals surface area contributed by atoms with E-state index in [1.165, 1.54) is 10.7 Å². The number of aromatic amines is 1. The van der Waals surface area contributed by atoms with Crippen LogP contribution in [0.15, 0.2) is 42.9 Å². The number of aromatic nitrogens is 6. The number of benzene rings is 1. The molecule has 25 heavy (non-hydrogen) atoms. The van der Waals surface area contributed by atoms with Gasteiger partial charge in [0.2, 0.25) is 5.95 Å². The first-order chi connectivity index (χ1) is 12.1. The second-order valence-corrected chi connectivity index (χ2v) is 5.59. The van der Waals surface area contributed by atoms with Gasteiger partial charge in [0.25, 0.3) is 0 Å². The highest BCUT2D eigenvalue weighted by Crippen LogP contribution is 2.25. The van der Waals surface area contributed by atoms with Gasteiger partial charge in [0.1, 0.15) is 17.3 Å². The Kier molecular flexibility index (Phi) is 3.53. The number of H-pyrrole nitrogens is 1. The summed E-state index contributed by atoms with van der Waals surface area (Å²) in [6.07, 6.45) is 4.91. The van der Waals surface area contributed by atoms with Gasteiger partial charge in [-0.1, -0.05) is 6.07 Å². The Balaban J connectivity index is 1.63. The van der Waals surface area contributed by atoms with Gasteiger partial charge in [-0.15, -0.1) is 0 Å². The fourth-order valence-electron chi connectivity index (χ4n) is 2.64. The summed E-state index contributed by atoms with van der Waals surface area (Å²) < 4.78 is 15.9. The van der Waals surface area contributed by atoms with Crippen LogP contribution in [0.3, 0.4) is 0 Å². The Bertz CT molecular complexity index is 1020. The van der Waals surface area contributed by atoms with Crippen LogP contribution in [0.4, 0.5) is 16.2 Å². The SMILES string of the molecule is C[C@H](Nc1nc(N)nc2[nH]ncc12)c1ccc(-n2cccn2)c(F)c1. The van der Waals surface area contributed by atoms with Crippen molar-refractivity contribution >= 4 is 22.8 Å². The zero-order valence-electron chi connectivity index (χ0n) is 13.3. The summed E-state index contributed by atoms with van der Waals surface area (Å²) in [6, 6.07) is 6.56. The van der Waals surface area contributed by atoms with Crippen molar-refractivity contribution < 1.29 is 4.39 Å². The molecule has 0 saturated heterocycles. The molecule has 8 nitrogen and oxygen atoms in total. The van der Waals surface area contributed by atoms with Crippen molar-refractivity contribution in [2.45, 2.75) is 13.0 Å². The van der Waals surface area contributed by atoms with Crippen LogP contribution in [0.25, 0.3) is 16.7 Å². The lowest BCUT2D eigenvalue weighted by molar-refractivity contribution is 0.607. The van der Waals surface area contributed by atoms with Gasteiger partial charge in [0.05, 0.1) is 17.6 Å². The Morgan fingerprint density at radius 2 is 2.20 bits per heavy atom. The van der Waals surface area contributed by atoms with Gasteiger partial charge in [-0.25, -0.2) is 9.07 Å². The summed E-state index contributed by atoms with van der Waals surface area (Å²) in [7, 11) is 0. The summed E-state index contributed by atoms with van der Waals surface area (Å²) >= 11 is 0. The molecule has 4 N–H and O–H groups in total. The van der Waals surface area contributed by atoms with Gasteiger partial charge in [-0.05, 0) is 30.7 Å². The van der Waals surface area contributed by atoms with Crippen LogP contribution in [0.2, 0.25) is 0 Å². The van der Waals surface area contributed by atoms with Crippen molar-refractivity contribution in [3.8, 4) is 5.69 Å². The fraction of sp³-hybridized carbons (Fsp3) is 0.125. The molecule has 9 heteroatoms. The second-order valence-electron chi connectivity index (χ2n) is 5.59. The molecule has 0 amide bonds. The number of halogens is 1. The summed E-state index contributed by atoms with van der Waals surface area (Å²) in [5.41, 5.74) is 7.42. The lowest BCUT2D eigenvalue weighted by Crippen LogP contribution is -2.10. The predicted octanol–water partition coefficient (Wildman–Crippen LogP) is 2.43. The molecule has 1 aromatic carbocycles. The van der Waals surface area contributed by atoms with Crippen molar-refractivity contribution in [3.63, 3.8) is 0 Å². The lowest BCUT2D eigenvalue weighted by Gasteiger charge is -2.16. The molecule has 4 rings (SSSR count). The monoisotopic (exact) mass is 338 g/mol. The third-order valence-corrected chi connectivity index (χ3v) is 3.90. The third kappa shape index (κ3) is 2.75. The molecule has 0 fully saturated rings. The number of nitrogen functional groups attached to an aromatic ring is 1. The molecule has 126 valence electrons. The third-order valence-electron chi connectivity index (χ3n) is 3.90. The van der Waals surface area contributed by atoms with Crippen LogP contribution >= 0.6 is 0 Å². The maximum atomic E-state index is 14.4. The second kappa shape index (κ2) is 5.86. The largest absolute Gasteiger partial charge is 0.368 e. The highest BCUT2D eigenvalue weighted by molar-refractivity contribution is 5.86. The van der Waals surface area contributed by atoms with Gasteiger partial charge >= 0.3 is 0 Å². The van der Waals surface area contributed by atoms with Crippen LogP contribution in [-0.2, 0) is 0 Å². The fourth-order valence-corrected chi connectivity index (χ4v) is 2.64. The first-order valence-corrected chi connectivity index (χ1v) is 7.64. The van der Waals surface area contributed by atoms with E-state index in [-0.39, 0.29) is 17.8 Å². The number of nitrogens with zero attached hydrogens (tertiary/aromatic N) is 5. The van der Waals surface area contributed by atoms with Crippen LogP contribution in [-0.4, -0.2) is 29.9 Å². The first kappa shape index (κ1) is 15.1. The smallest absolute Gasteiger partial charge is 0.224 e. The Labute approximate surface area is 141 Å². The van der Waals surface area contributed by atoms with Crippen LogP contribution in [0.5, 0.6) is 0 Å². The predicted molar refractivity (Wildman–Crippen MR) is 91.7 cm³/mol. The van der Waals surface area contributed by atoms with E-state index >= 15 is 0 Å². The number of hydrogen-bond acceptors (Lipinski definition) is 6. The van der Waals surface area contributed by atoms with E-state index in [0.29, 0.717) is 17.2 Å². The Hall–Kier alpha value is -3.49. The van der Waals surface area contributed by atoms with Gasteiger partial charge in [-0.3, -0.25) is 5.10 Å². The molecule has 3 heterocycles. The zero-order valence-corrected chi connectivity index (χ0v) is 13.3. The highest BCUT2D eigenvalue weighted by Gasteiger charge is 2.14. The van der Waals surface area contributed by atoms with E-state index in [2.05, 4.69) is 30.6 Å². The molecule has 1 atom stereocenters. The molecule has 0 saturated carbocycles. The maximum absolute atomic E-state index is 14.4. The minimum absolute atomic E-state index is 0.131. The molecule has 0 radical (unpaired) electrons. The molecule has 0 aliphatic carbocycles. The van der Waals surface area contributed by atoms with Crippen LogP contribution < -0.4 is 11.1 Å². The quantitative estimate of drug-likeness (QED) is 0.527. The van der Waals surface area contributed by atoms with Gasteiger partial charge < -0.3 is 11.1 Å². The number of hydrogen-bond donors (Lipinski definition) is 3. The minimum Gasteiger partial charge on any atom is -0.368 e. The average molecular weight is 338 g/mol. The van der Waals surface area contributed by atoms with E-state index < -0.39 is 0 Å². The number of nitrogens with two attached hydrogens (primary N) is 1. The Morgan fingerprint density at radius 3 is 2.96 bits per heavy atom. The van der Waals surface area contributed by atoms with Gasteiger partial charge in [0, 0.05) is 12.4 Å². The number of nitrogens with one attached hydrogen (secondary N) is 2. The normalized spacial score (nSPS) is 12.4. The molecule has 4 aromatic rings. The number of rotatable bonds is 4. The number of fused-ring (bicyclic) bond motifs is 1. The molecule has 3 aromatic heterocycles. The standard InChI is InChI=1S/C16H15FN8/c1-9(21-14-11-8-19-24-15(11)23-16(18)22-14)10-3-4-13(12(17)7-10)25-6-2-5-20-25/h2-9H,1H3,(H4,18,19,21,22,23,24)/t9-/m0/s1. The van der Waals surface area contributed by atoms with Crippen molar-refractivity contribution in [1.29, 1.82) is 0 Å². The molecule has 0 bridgehead atoms. The molecular formula is C16H15FN8. The molecular weight excluding hydrogens is 323 g/mol. The number of anilines is 2. The van der Waals surface area contributed by atoms with Crippen molar-refractivity contribution in [1.82, 2.24) is 29.9 Å². The summed E-state index contributed by atoms with van der Waals surface area (Å²) in [5.74, 6) is 0.317. The summed E-state index contributed by atoms with van der Waals surface area (Å²) in [5, 5.41) is 14.7. The molecule has 0 unspecified atom stereocenters. The van der Waals surface area contributed by atoms with E-state index in [0.717, 1.165) is 10.9 Å². The van der Waals surface area contributed by atoms with Crippen molar-refractivity contribution in [2.24, 2.45) is 0 Å². The van der Waals surface area contributed by atoms with Crippen LogP contribution in [0, 0.1) is 5.82 Å². The van der Waals surface area contributed by atoms with E-state index in [1.54, 1.807) is 30.7 Å². The average Bonchev–Trinajstić information content (AvgIpc) is 3.25. The van der Waals surface area contributed by atoms with E-state index in [1.807, 2.05) is 13.0 Å².